The van der Waals surface area contributed by atoms with Crippen molar-refractivity contribution in [2.75, 3.05) is 0 Å². The fourth-order valence-electron chi connectivity index (χ4n) is 10.5. The highest BCUT2D eigenvalue weighted by Crippen LogP contribution is 2.55. The molecular weight excluding hydrogens is 809 g/mol. The van der Waals surface area contributed by atoms with Crippen LogP contribution in [0, 0.1) is 22.9 Å². The highest BCUT2D eigenvalue weighted by molar-refractivity contribution is 7.13. The third kappa shape index (κ3) is 8.62. The smallest absolute Gasteiger partial charge is 0.186 e. The van der Waals surface area contributed by atoms with Gasteiger partial charge < -0.3 is 8.85 Å². The lowest BCUT2D eigenvalue weighted by atomic mass is 9.67. The van der Waals surface area contributed by atoms with E-state index in [0.29, 0.717) is 33.2 Å². The van der Waals surface area contributed by atoms with Crippen LogP contribution >= 0.6 is 22.7 Å². The number of rotatable bonds is 12. The average molecular weight is 882 g/mol. The molecule has 0 spiro atoms. The van der Waals surface area contributed by atoms with E-state index in [1.807, 2.05) is 0 Å². The Bertz CT molecular complexity index is 1960. The molecule has 2 nitrogen and oxygen atoms in total. The van der Waals surface area contributed by atoms with Gasteiger partial charge in [0.2, 0.25) is 0 Å². The van der Waals surface area contributed by atoms with Crippen molar-refractivity contribution in [1.29, 1.82) is 0 Å². The molecule has 2 heterocycles. The largest absolute Gasteiger partial charge is 0.395 e. The van der Waals surface area contributed by atoms with E-state index in [1.165, 1.54) is 20.9 Å². The van der Waals surface area contributed by atoms with E-state index in [1.54, 1.807) is 22.7 Å². The molecule has 1 aliphatic rings. The lowest BCUT2D eigenvalue weighted by Gasteiger charge is -2.49. The summed E-state index contributed by atoms with van der Waals surface area (Å²) in [5.41, 5.74) is 16.1. The third-order valence-electron chi connectivity index (χ3n) is 12.7. The topological polar surface area (TPSA) is 18.5 Å². The number of fused-ring (bicyclic) bond motifs is 2. The van der Waals surface area contributed by atoms with Crippen LogP contribution in [0.2, 0.25) is 72.5 Å². The van der Waals surface area contributed by atoms with Crippen LogP contribution in [0.5, 0.6) is 0 Å². The molecule has 5 rings (SSSR count). The molecule has 8 heteroatoms. The van der Waals surface area contributed by atoms with Gasteiger partial charge in [-0.1, -0.05) is 131 Å². The van der Waals surface area contributed by atoms with Gasteiger partial charge in [-0.3, -0.25) is 0 Å². The van der Waals surface area contributed by atoms with Crippen LogP contribution in [0.15, 0.2) is 71.4 Å². The van der Waals surface area contributed by atoms with Gasteiger partial charge in [0.1, 0.15) is 16.1 Å². The molecule has 0 aliphatic heterocycles. The summed E-state index contributed by atoms with van der Waals surface area (Å²) in [7, 11) is -9.06. The first-order chi connectivity index (χ1) is 26.9. The van der Waals surface area contributed by atoms with Crippen LogP contribution in [-0.2, 0) is 20.1 Å². The zero-order valence-electron chi connectivity index (χ0n) is 39.0. The van der Waals surface area contributed by atoms with E-state index < -0.39 is 44.0 Å². The molecule has 2 aromatic heterocycles. The summed E-state index contributed by atoms with van der Waals surface area (Å²) in [4.78, 5) is 2.47. The molecule has 312 valence electrons. The molecule has 0 amide bonds. The van der Waals surface area contributed by atoms with Crippen LogP contribution in [-0.4, -0.2) is 32.8 Å². The lowest BCUT2D eigenvalue weighted by molar-refractivity contribution is 0.116. The van der Waals surface area contributed by atoms with Crippen LogP contribution in [0.3, 0.4) is 0 Å². The van der Waals surface area contributed by atoms with Crippen LogP contribution in [0.25, 0.3) is 20.9 Å². The van der Waals surface area contributed by atoms with Crippen molar-refractivity contribution in [3.63, 3.8) is 0 Å². The predicted molar refractivity (Wildman–Crippen MR) is 268 cm³/mol. The molecule has 0 radical (unpaired) electrons. The Kier molecular flexibility index (Phi) is 13.9. The van der Waals surface area contributed by atoms with E-state index in [-0.39, 0.29) is 0 Å². The summed E-state index contributed by atoms with van der Waals surface area (Å²) in [6.45, 7) is 42.9. The minimum absolute atomic E-state index is 0.478. The summed E-state index contributed by atoms with van der Waals surface area (Å²) >= 11 is 3.56. The first-order valence-corrected chi connectivity index (χ1v) is 34.8. The van der Waals surface area contributed by atoms with Gasteiger partial charge in [0.25, 0.3) is 0 Å². The van der Waals surface area contributed by atoms with Crippen molar-refractivity contribution in [3.05, 3.63) is 93.7 Å². The van der Waals surface area contributed by atoms with Gasteiger partial charge >= 0.3 is 0 Å². The van der Waals surface area contributed by atoms with Crippen LogP contribution in [0.4, 0.5) is 0 Å². The molecule has 0 saturated heterocycles. The van der Waals surface area contributed by atoms with Crippen molar-refractivity contribution < 1.29 is 8.85 Å². The Morgan fingerprint density at radius 1 is 0.448 bits per heavy atom. The quantitative estimate of drug-likeness (QED) is 0.104. The highest BCUT2D eigenvalue weighted by atomic mass is 32.1. The molecule has 58 heavy (non-hydrogen) atoms. The molecule has 0 fully saturated rings. The number of hydrogen-bond acceptors (Lipinski definition) is 4. The second-order valence-corrected chi connectivity index (χ2v) is 42.5. The molecule has 0 N–H and O–H groups in total. The Labute approximate surface area is 366 Å². The molecule has 1 aliphatic carbocycles. The van der Waals surface area contributed by atoms with Gasteiger partial charge in [0, 0.05) is 32.0 Å². The summed E-state index contributed by atoms with van der Waals surface area (Å²) in [6.07, 6.45) is 0. The molecule has 2 aromatic carbocycles. The van der Waals surface area contributed by atoms with E-state index in [2.05, 4.69) is 217 Å². The molecular formula is C50H72O2S2Si4. The Hall–Kier alpha value is -2.25. The van der Waals surface area contributed by atoms with Crippen molar-refractivity contribution >= 4 is 55.5 Å². The van der Waals surface area contributed by atoms with Crippen molar-refractivity contribution in [2.45, 2.75) is 167 Å². The summed E-state index contributed by atoms with van der Waals surface area (Å²) in [5.74, 6) is 8.38. The second-order valence-electron chi connectivity index (χ2n) is 20.6. The van der Waals surface area contributed by atoms with Crippen molar-refractivity contribution in [3.8, 4) is 43.8 Å². The standard InChI is InChI=1S/C50H72O2S2Si4/c1-35(2)57(36(3)4,37(5)6)31-27-49(51-55(13,14)15)43-25-23-42(48-22-20-30-54-48)34-46(43)50(52-56(16,17)18,28-32-58(38(7)8,39(9)10)40(11)12)44-26-24-41(33-45(44)49)47-21-19-29-53-47/h19-26,29-30,33-40H,1-18H3. The molecule has 2 unspecified atom stereocenters. The summed E-state index contributed by atoms with van der Waals surface area (Å²) < 4.78 is 15.7. The van der Waals surface area contributed by atoms with E-state index in [9.17, 15) is 0 Å². The fraction of sp³-hybridized carbons (Fsp3) is 0.520. The monoisotopic (exact) mass is 880 g/mol. The van der Waals surface area contributed by atoms with Crippen LogP contribution < -0.4 is 0 Å². The zero-order chi connectivity index (χ0) is 43.2. The van der Waals surface area contributed by atoms with Gasteiger partial charge in [0.15, 0.2) is 27.8 Å². The molecule has 0 saturated carbocycles. The van der Waals surface area contributed by atoms with Gasteiger partial charge in [-0.2, -0.15) is 0 Å². The SMILES string of the molecule is CC(C)[Si](C#CC1(O[Si](C)(C)C)c2ccc(-c3cccs3)cc2C(C#C[Si](C(C)C)(C(C)C)C(C)C)(O[Si](C)(C)C)c2ccc(-c3cccs3)cc21)(C(C)C)C(C)C. The fourth-order valence-corrected chi connectivity index (χ4v) is 24.8. The molecule has 2 atom stereocenters. The van der Waals surface area contributed by atoms with E-state index in [0.717, 1.165) is 22.3 Å². The Morgan fingerprint density at radius 2 is 0.759 bits per heavy atom. The maximum absolute atomic E-state index is 7.85. The van der Waals surface area contributed by atoms with Crippen molar-refractivity contribution in [1.82, 2.24) is 0 Å². The van der Waals surface area contributed by atoms with E-state index >= 15 is 0 Å². The maximum atomic E-state index is 7.85. The predicted octanol–water partition coefficient (Wildman–Crippen LogP) is 16.1. The molecule has 0 bridgehead atoms. The minimum atomic E-state index is -2.31. The summed E-state index contributed by atoms with van der Waals surface area (Å²) in [6, 6.07) is 22.9. The number of benzene rings is 2. The first kappa shape index (κ1) is 46.8. The minimum Gasteiger partial charge on any atom is -0.395 e. The first-order valence-electron chi connectivity index (χ1n) is 21.7. The van der Waals surface area contributed by atoms with Crippen molar-refractivity contribution in [2.24, 2.45) is 0 Å². The lowest BCUT2D eigenvalue weighted by Crippen LogP contribution is -2.52. The van der Waals surface area contributed by atoms with E-state index in [4.69, 9.17) is 8.85 Å². The molecule has 4 aromatic rings. The number of thiophene rings is 2. The van der Waals surface area contributed by atoms with Gasteiger partial charge in [0.05, 0.1) is 0 Å². The van der Waals surface area contributed by atoms with Gasteiger partial charge in [-0.25, -0.2) is 0 Å². The normalized spacial score (nSPS) is 18.8. The Balaban J connectivity index is 2.12. The zero-order valence-corrected chi connectivity index (χ0v) is 44.7. The average Bonchev–Trinajstić information content (AvgIpc) is 3.84. The third-order valence-corrected chi connectivity index (χ3v) is 29.0. The highest BCUT2D eigenvalue weighted by Gasteiger charge is 2.55. The summed E-state index contributed by atoms with van der Waals surface area (Å²) in [5, 5.41) is 4.35. The maximum Gasteiger partial charge on any atom is 0.186 e. The van der Waals surface area contributed by atoms with Gasteiger partial charge in [-0.15, -0.1) is 33.8 Å². The Morgan fingerprint density at radius 3 is 1.00 bits per heavy atom. The van der Waals surface area contributed by atoms with Crippen LogP contribution in [0.1, 0.15) is 105 Å². The second kappa shape index (κ2) is 17.3. The van der Waals surface area contributed by atoms with Gasteiger partial charge in [-0.05, 0) is 119 Å². The number of hydrogen-bond donors (Lipinski definition) is 0.